The zero-order chi connectivity index (χ0) is 13.1. The topological polar surface area (TPSA) is 84.6 Å². The molecule has 0 aliphatic heterocycles. The summed E-state index contributed by atoms with van der Waals surface area (Å²) >= 11 is 0. The summed E-state index contributed by atoms with van der Waals surface area (Å²) in [4.78, 5) is 11.9. The summed E-state index contributed by atoms with van der Waals surface area (Å²) in [5, 5.41) is 11.8. The lowest BCUT2D eigenvalue weighted by Crippen LogP contribution is -2.46. The molecule has 0 unspecified atom stereocenters. The van der Waals surface area contributed by atoms with Crippen molar-refractivity contribution in [1.82, 2.24) is 5.32 Å². The van der Waals surface area contributed by atoms with Gasteiger partial charge in [-0.05, 0) is 26.0 Å². The van der Waals surface area contributed by atoms with Crippen LogP contribution in [0.5, 0.6) is 5.75 Å². The van der Waals surface area contributed by atoms with E-state index in [0.29, 0.717) is 17.0 Å². The molecule has 17 heavy (non-hydrogen) atoms. The van der Waals surface area contributed by atoms with E-state index >= 15 is 0 Å². The van der Waals surface area contributed by atoms with Crippen LogP contribution in [0.1, 0.15) is 24.2 Å². The Labute approximate surface area is 101 Å². The van der Waals surface area contributed by atoms with Crippen molar-refractivity contribution in [3.8, 4) is 5.75 Å². The predicted octanol–water partition coefficient (Wildman–Crippen LogP) is 0.778. The van der Waals surface area contributed by atoms with Gasteiger partial charge in [0.25, 0.3) is 5.91 Å². The van der Waals surface area contributed by atoms with Gasteiger partial charge in [-0.2, -0.15) is 0 Å². The standard InChI is InChI=1S/C12H18N2O3/c1-12(2,7-15)14-11(16)9-5-4-8(17-3)6-10(9)13/h4-6,15H,7,13H2,1-3H3,(H,14,16). The van der Waals surface area contributed by atoms with Crippen LogP contribution in [0.4, 0.5) is 5.69 Å². The number of ether oxygens (including phenoxy) is 1. The second kappa shape index (κ2) is 5.05. The molecule has 0 spiro atoms. The highest BCUT2D eigenvalue weighted by atomic mass is 16.5. The number of nitrogens with one attached hydrogen (secondary N) is 1. The average Bonchev–Trinajstić information content (AvgIpc) is 2.28. The Morgan fingerprint density at radius 3 is 2.65 bits per heavy atom. The van der Waals surface area contributed by atoms with Crippen molar-refractivity contribution in [3.63, 3.8) is 0 Å². The first-order valence-corrected chi connectivity index (χ1v) is 5.26. The van der Waals surface area contributed by atoms with Gasteiger partial charge in [-0.15, -0.1) is 0 Å². The molecule has 0 fully saturated rings. The third kappa shape index (κ3) is 3.35. The molecular formula is C12H18N2O3. The molecule has 4 N–H and O–H groups in total. The molecular weight excluding hydrogens is 220 g/mol. The molecule has 0 saturated carbocycles. The number of nitrogen functional groups attached to an aromatic ring is 1. The molecule has 0 heterocycles. The number of carbonyl (C=O) groups excluding carboxylic acids is 1. The molecule has 0 aliphatic rings. The van der Waals surface area contributed by atoms with Gasteiger partial charge in [0.05, 0.1) is 24.8 Å². The summed E-state index contributed by atoms with van der Waals surface area (Å²) in [7, 11) is 1.53. The van der Waals surface area contributed by atoms with Crippen molar-refractivity contribution in [3.05, 3.63) is 23.8 Å². The van der Waals surface area contributed by atoms with E-state index in [1.54, 1.807) is 32.0 Å². The predicted molar refractivity (Wildman–Crippen MR) is 66.0 cm³/mol. The van der Waals surface area contributed by atoms with Crippen molar-refractivity contribution in [2.24, 2.45) is 0 Å². The van der Waals surface area contributed by atoms with Crippen LogP contribution in [0.25, 0.3) is 0 Å². The van der Waals surface area contributed by atoms with Gasteiger partial charge in [-0.3, -0.25) is 4.79 Å². The second-order valence-corrected chi connectivity index (χ2v) is 4.45. The zero-order valence-corrected chi connectivity index (χ0v) is 10.3. The summed E-state index contributed by atoms with van der Waals surface area (Å²) in [5.41, 5.74) is 5.79. The fraction of sp³-hybridized carbons (Fsp3) is 0.417. The fourth-order valence-corrected chi connectivity index (χ4v) is 1.29. The van der Waals surface area contributed by atoms with E-state index in [9.17, 15) is 4.79 Å². The number of nitrogens with two attached hydrogens (primary N) is 1. The second-order valence-electron chi connectivity index (χ2n) is 4.45. The number of rotatable bonds is 4. The van der Waals surface area contributed by atoms with E-state index in [1.807, 2.05) is 0 Å². The molecule has 0 bridgehead atoms. The zero-order valence-electron chi connectivity index (χ0n) is 10.3. The lowest BCUT2D eigenvalue weighted by atomic mass is 10.1. The van der Waals surface area contributed by atoms with E-state index in [2.05, 4.69) is 5.32 Å². The maximum absolute atomic E-state index is 11.9. The van der Waals surface area contributed by atoms with Crippen LogP contribution in [0.2, 0.25) is 0 Å². The Hall–Kier alpha value is -1.75. The van der Waals surface area contributed by atoms with Crippen LogP contribution in [-0.4, -0.2) is 30.3 Å². The minimum Gasteiger partial charge on any atom is -0.497 e. The van der Waals surface area contributed by atoms with E-state index in [-0.39, 0.29) is 12.5 Å². The summed E-state index contributed by atoms with van der Waals surface area (Å²) < 4.78 is 5.00. The van der Waals surface area contributed by atoms with Crippen LogP contribution < -0.4 is 15.8 Å². The highest BCUT2D eigenvalue weighted by molar-refractivity contribution is 5.99. The minimum absolute atomic E-state index is 0.144. The monoisotopic (exact) mass is 238 g/mol. The number of amides is 1. The Balaban J connectivity index is 2.90. The third-order valence-corrected chi connectivity index (χ3v) is 2.35. The van der Waals surface area contributed by atoms with Gasteiger partial charge < -0.3 is 20.9 Å². The van der Waals surface area contributed by atoms with Gasteiger partial charge in [0.1, 0.15) is 5.75 Å². The molecule has 1 aromatic rings. The number of aliphatic hydroxyl groups is 1. The fourth-order valence-electron chi connectivity index (χ4n) is 1.29. The van der Waals surface area contributed by atoms with Crippen LogP contribution in [0.15, 0.2) is 18.2 Å². The Bertz CT molecular complexity index is 416. The largest absolute Gasteiger partial charge is 0.497 e. The number of anilines is 1. The normalized spacial score (nSPS) is 11.1. The lowest BCUT2D eigenvalue weighted by molar-refractivity contribution is 0.0870. The maximum Gasteiger partial charge on any atom is 0.253 e. The smallest absolute Gasteiger partial charge is 0.253 e. The quantitative estimate of drug-likeness (QED) is 0.677. The first-order chi connectivity index (χ1) is 7.89. The van der Waals surface area contributed by atoms with Crippen molar-refractivity contribution < 1.29 is 14.6 Å². The molecule has 0 aromatic heterocycles. The average molecular weight is 238 g/mol. The van der Waals surface area contributed by atoms with Crippen LogP contribution in [0, 0.1) is 0 Å². The van der Waals surface area contributed by atoms with E-state index in [0.717, 1.165) is 0 Å². The van der Waals surface area contributed by atoms with Crippen molar-refractivity contribution in [1.29, 1.82) is 0 Å². The van der Waals surface area contributed by atoms with Crippen LogP contribution in [-0.2, 0) is 0 Å². The molecule has 1 aromatic carbocycles. The van der Waals surface area contributed by atoms with E-state index in [1.165, 1.54) is 7.11 Å². The number of benzene rings is 1. The maximum atomic E-state index is 11.9. The first-order valence-electron chi connectivity index (χ1n) is 5.26. The number of aliphatic hydroxyl groups excluding tert-OH is 1. The summed E-state index contributed by atoms with van der Waals surface area (Å²) in [5.74, 6) is 0.282. The third-order valence-electron chi connectivity index (χ3n) is 2.35. The Morgan fingerprint density at radius 2 is 2.18 bits per heavy atom. The van der Waals surface area contributed by atoms with E-state index < -0.39 is 5.54 Å². The number of hydrogen-bond donors (Lipinski definition) is 3. The molecule has 0 radical (unpaired) electrons. The highest BCUT2D eigenvalue weighted by Gasteiger charge is 2.21. The first kappa shape index (κ1) is 13.3. The number of methoxy groups -OCH3 is 1. The lowest BCUT2D eigenvalue weighted by Gasteiger charge is -2.23. The van der Waals surface area contributed by atoms with Gasteiger partial charge in [0, 0.05) is 11.8 Å². The Morgan fingerprint density at radius 1 is 1.53 bits per heavy atom. The molecule has 94 valence electrons. The molecule has 0 atom stereocenters. The molecule has 0 aliphatic carbocycles. The number of carbonyl (C=O) groups is 1. The minimum atomic E-state index is -0.677. The van der Waals surface area contributed by atoms with E-state index in [4.69, 9.17) is 15.6 Å². The van der Waals surface area contributed by atoms with Crippen LogP contribution >= 0.6 is 0 Å². The Kier molecular flexibility index (Phi) is 3.96. The summed E-state index contributed by atoms with van der Waals surface area (Å²) in [6, 6.07) is 4.84. The van der Waals surface area contributed by atoms with Gasteiger partial charge in [0.2, 0.25) is 0 Å². The molecule has 5 nitrogen and oxygen atoms in total. The van der Waals surface area contributed by atoms with Gasteiger partial charge in [0.15, 0.2) is 0 Å². The summed E-state index contributed by atoms with van der Waals surface area (Å²) in [6.45, 7) is 3.31. The molecule has 1 rings (SSSR count). The number of hydrogen-bond acceptors (Lipinski definition) is 4. The van der Waals surface area contributed by atoms with Crippen molar-refractivity contribution in [2.45, 2.75) is 19.4 Å². The molecule has 5 heteroatoms. The highest BCUT2D eigenvalue weighted by Crippen LogP contribution is 2.20. The molecule has 0 saturated heterocycles. The van der Waals surface area contributed by atoms with Gasteiger partial charge in [-0.25, -0.2) is 0 Å². The van der Waals surface area contributed by atoms with Gasteiger partial charge in [-0.1, -0.05) is 0 Å². The molecule has 1 amide bonds. The SMILES string of the molecule is COc1ccc(C(=O)NC(C)(C)CO)c(N)c1. The van der Waals surface area contributed by atoms with Crippen molar-refractivity contribution >= 4 is 11.6 Å². The van der Waals surface area contributed by atoms with Crippen LogP contribution in [0.3, 0.4) is 0 Å². The van der Waals surface area contributed by atoms with Gasteiger partial charge >= 0.3 is 0 Å². The summed E-state index contributed by atoms with van der Waals surface area (Å²) in [6.07, 6.45) is 0. The van der Waals surface area contributed by atoms with Crippen molar-refractivity contribution in [2.75, 3.05) is 19.5 Å².